The number of nitrogens with zero attached hydrogens (tertiary/aromatic N) is 1. The van der Waals surface area contributed by atoms with Crippen LogP contribution in [-0.4, -0.2) is 31.3 Å². The second-order valence-corrected chi connectivity index (χ2v) is 4.81. The lowest BCUT2D eigenvalue weighted by molar-refractivity contribution is 0.0498. The molecule has 0 unspecified atom stereocenters. The molecule has 0 radical (unpaired) electrons. The summed E-state index contributed by atoms with van der Waals surface area (Å²) in [5.41, 5.74) is 1.58. The van der Waals surface area contributed by atoms with Crippen LogP contribution in [0.5, 0.6) is 0 Å². The number of aromatic nitrogens is 1. The van der Waals surface area contributed by atoms with Crippen LogP contribution in [0.25, 0.3) is 0 Å². The number of hydrogen-bond acceptors (Lipinski definition) is 3. The summed E-state index contributed by atoms with van der Waals surface area (Å²) in [4.78, 5) is 4.26. The molecule has 2 heterocycles. The second-order valence-electron chi connectivity index (χ2n) is 4.81. The number of hydrogen-bond donors (Lipinski definition) is 1. The van der Waals surface area contributed by atoms with E-state index in [0.29, 0.717) is 0 Å². The van der Waals surface area contributed by atoms with Crippen molar-refractivity contribution in [3.63, 3.8) is 0 Å². The Morgan fingerprint density at radius 2 is 2.24 bits per heavy atom. The predicted molar refractivity (Wildman–Crippen MR) is 69.1 cm³/mol. The number of pyridine rings is 1. The van der Waals surface area contributed by atoms with Crippen LogP contribution < -0.4 is 5.32 Å². The molecule has 0 atom stereocenters. The topological polar surface area (TPSA) is 34.2 Å². The maximum atomic E-state index is 5.50. The van der Waals surface area contributed by atoms with Crippen LogP contribution in [0.15, 0.2) is 24.5 Å². The van der Waals surface area contributed by atoms with Gasteiger partial charge in [0.15, 0.2) is 0 Å². The minimum atomic E-state index is 0.224. The van der Waals surface area contributed by atoms with Crippen molar-refractivity contribution in [2.45, 2.75) is 31.6 Å². The summed E-state index contributed by atoms with van der Waals surface area (Å²) in [6, 6.07) is 4.23. The third kappa shape index (κ3) is 3.05. The highest BCUT2D eigenvalue weighted by Crippen LogP contribution is 2.33. The van der Waals surface area contributed by atoms with Crippen molar-refractivity contribution >= 4 is 0 Å². The molecule has 1 aromatic heterocycles. The smallest absolute Gasteiger partial charge is 0.0475 e. The summed E-state index contributed by atoms with van der Waals surface area (Å²) in [5, 5.41) is 3.56. The Balaban J connectivity index is 2.11. The Kier molecular flexibility index (Phi) is 4.51. The van der Waals surface area contributed by atoms with Crippen molar-refractivity contribution in [1.29, 1.82) is 0 Å². The Morgan fingerprint density at radius 3 is 2.88 bits per heavy atom. The molecule has 1 fully saturated rings. The van der Waals surface area contributed by atoms with Crippen molar-refractivity contribution in [3.05, 3.63) is 30.1 Å². The summed E-state index contributed by atoms with van der Waals surface area (Å²) in [5.74, 6) is 0. The van der Waals surface area contributed by atoms with E-state index in [2.05, 4.69) is 23.3 Å². The van der Waals surface area contributed by atoms with Crippen molar-refractivity contribution in [2.75, 3.05) is 26.3 Å². The molecule has 17 heavy (non-hydrogen) atoms. The van der Waals surface area contributed by atoms with Crippen LogP contribution in [0.2, 0.25) is 0 Å². The van der Waals surface area contributed by atoms with Gasteiger partial charge in [-0.15, -0.1) is 0 Å². The van der Waals surface area contributed by atoms with Gasteiger partial charge in [-0.3, -0.25) is 4.98 Å². The van der Waals surface area contributed by atoms with Crippen molar-refractivity contribution in [3.8, 4) is 0 Å². The molecule has 1 aliphatic rings. The first-order valence-electron chi connectivity index (χ1n) is 6.56. The van der Waals surface area contributed by atoms with E-state index in [0.717, 1.165) is 39.1 Å². The fourth-order valence-corrected chi connectivity index (χ4v) is 2.51. The Labute approximate surface area is 104 Å². The molecule has 0 aromatic carbocycles. The SMILES string of the molecule is CCCNCC1(c2cccnc2)CCOCC1. The van der Waals surface area contributed by atoms with E-state index in [1.165, 1.54) is 12.0 Å². The maximum Gasteiger partial charge on any atom is 0.0475 e. The van der Waals surface area contributed by atoms with Gasteiger partial charge in [0, 0.05) is 37.6 Å². The summed E-state index contributed by atoms with van der Waals surface area (Å²) in [7, 11) is 0. The van der Waals surface area contributed by atoms with Gasteiger partial charge in [-0.2, -0.15) is 0 Å². The molecular formula is C14H22N2O. The third-order valence-corrected chi connectivity index (χ3v) is 3.61. The molecule has 0 saturated carbocycles. The first kappa shape index (κ1) is 12.5. The van der Waals surface area contributed by atoms with E-state index < -0.39 is 0 Å². The molecule has 0 spiro atoms. The first-order valence-corrected chi connectivity index (χ1v) is 6.56. The Bertz CT molecular complexity index is 320. The Hall–Kier alpha value is -0.930. The largest absolute Gasteiger partial charge is 0.381 e. The van der Waals surface area contributed by atoms with Crippen LogP contribution in [-0.2, 0) is 10.2 Å². The number of ether oxygens (including phenoxy) is 1. The van der Waals surface area contributed by atoms with Crippen LogP contribution in [0.1, 0.15) is 31.7 Å². The average molecular weight is 234 g/mol. The average Bonchev–Trinajstić information content (AvgIpc) is 2.41. The standard InChI is InChI=1S/C14H22N2O/c1-2-7-16-12-14(5-9-17-10-6-14)13-4-3-8-15-11-13/h3-4,8,11,16H,2,5-7,9-10,12H2,1H3. The highest BCUT2D eigenvalue weighted by molar-refractivity contribution is 5.23. The lowest BCUT2D eigenvalue weighted by Gasteiger charge is -2.37. The summed E-state index contributed by atoms with van der Waals surface area (Å²) >= 11 is 0. The Morgan fingerprint density at radius 1 is 1.41 bits per heavy atom. The molecule has 1 saturated heterocycles. The van der Waals surface area contributed by atoms with Gasteiger partial charge in [0.05, 0.1) is 0 Å². The molecule has 1 aliphatic heterocycles. The quantitative estimate of drug-likeness (QED) is 0.793. The molecule has 0 amide bonds. The fourth-order valence-electron chi connectivity index (χ4n) is 2.51. The molecule has 1 N–H and O–H groups in total. The van der Waals surface area contributed by atoms with Gasteiger partial charge >= 0.3 is 0 Å². The van der Waals surface area contributed by atoms with Crippen LogP contribution in [0.4, 0.5) is 0 Å². The molecule has 94 valence electrons. The van der Waals surface area contributed by atoms with Gasteiger partial charge in [-0.25, -0.2) is 0 Å². The maximum absolute atomic E-state index is 5.50. The monoisotopic (exact) mass is 234 g/mol. The van der Waals surface area contributed by atoms with Crippen LogP contribution in [0.3, 0.4) is 0 Å². The van der Waals surface area contributed by atoms with Crippen molar-refractivity contribution in [2.24, 2.45) is 0 Å². The highest BCUT2D eigenvalue weighted by atomic mass is 16.5. The molecule has 1 aromatic rings. The van der Waals surface area contributed by atoms with E-state index in [-0.39, 0.29) is 5.41 Å². The molecular weight excluding hydrogens is 212 g/mol. The van der Waals surface area contributed by atoms with Gasteiger partial charge in [0.1, 0.15) is 0 Å². The molecule has 2 rings (SSSR count). The summed E-state index contributed by atoms with van der Waals surface area (Å²) in [6.07, 6.45) is 7.22. The summed E-state index contributed by atoms with van der Waals surface area (Å²) in [6.45, 7) is 6.05. The summed E-state index contributed by atoms with van der Waals surface area (Å²) < 4.78 is 5.50. The van der Waals surface area contributed by atoms with Crippen LogP contribution >= 0.6 is 0 Å². The lowest BCUT2D eigenvalue weighted by atomic mass is 9.74. The number of rotatable bonds is 5. The van der Waals surface area contributed by atoms with Crippen molar-refractivity contribution in [1.82, 2.24) is 10.3 Å². The van der Waals surface area contributed by atoms with E-state index in [1.807, 2.05) is 18.5 Å². The minimum absolute atomic E-state index is 0.224. The molecule has 3 heteroatoms. The van der Waals surface area contributed by atoms with E-state index in [1.54, 1.807) is 0 Å². The second kappa shape index (κ2) is 6.12. The zero-order valence-corrected chi connectivity index (χ0v) is 10.6. The van der Waals surface area contributed by atoms with Gasteiger partial charge in [-0.1, -0.05) is 13.0 Å². The van der Waals surface area contributed by atoms with Gasteiger partial charge in [-0.05, 0) is 37.4 Å². The van der Waals surface area contributed by atoms with Gasteiger partial charge < -0.3 is 10.1 Å². The molecule has 0 aliphatic carbocycles. The zero-order chi connectivity index (χ0) is 12.0. The highest BCUT2D eigenvalue weighted by Gasteiger charge is 2.34. The minimum Gasteiger partial charge on any atom is -0.381 e. The predicted octanol–water partition coefficient (Wildman–Crippen LogP) is 2.13. The zero-order valence-electron chi connectivity index (χ0n) is 10.6. The van der Waals surface area contributed by atoms with E-state index >= 15 is 0 Å². The van der Waals surface area contributed by atoms with Gasteiger partial charge in [0.2, 0.25) is 0 Å². The van der Waals surface area contributed by atoms with E-state index in [9.17, 15) is 0 Å². The fraction of sp³-hybridized carbons (Fsp3) is 0.643. The first-order chi connectivity index (χ1) is 8.37. The van der Waals surface area contributed by atoms with Crippen molar-refractivity contribution < 1.29 is 4.74 Å². The number of nitrogens with one attached hydrogen (secondary N) is 1. The lowest BCUT2D eigenvalue weighted by Crippen LogP contribution is -2.43. The normalized spacial score (nSPS) is 19.1. The molecule has 0 bridgehead atoms. The van der Waals surface area contributed by atoms with Gasteiger partial charge in [0.25, 0.3) is 0 Å². The third-order valence-electron chi connectivity index (χ3n) is 3.61. The van der Waals surface area contributed by atoms with Crippen LogP contribution in [0, 0.1) is 0 Å². The van der Waals surface area contributed by atoms with E-state index in [4.69, 9.17) is 4.74 Å². The molecule has 3 nitrogen and oxygen atoms in total.